The van der Waals surface area contributed by atoms with E-state index in [2.05, 4.69) is 66.0 Å². The van der Waals surface area contributed by atoms with E-state index in [1.807, 2.05) is 6.07 Å². The molecule has 3 aromatic carbocycles. The number of halogens is 2. The van der Waals surface area contributed by atoms with Gasteiger partial charge in [0.25, 0.3) is 0 Å². The summed E-state index contributed by atoms with van der Waals surface area (Å²) in [6, 6.07) is 16.9. The van der Waals surface area contributed by atoms with Crippen molar-refractivity contribution in [2.45, 2.75) is 27.0 Å². The molecule has 0 aliphatic rings. The number of hydrogen-bond donors (Lipinski definition) is 1. The van der Waals surface area contributed by atoms with Crippen LogP contribution < -0.4 is 14.8 Å². The van der Waals surface area contributed by atoms with Gasteiger partial charge in [-0.25, -0.2) is 4.39 Å². The van der Waals surface area contributed by atoms with Crippen LogP contribution in [-0.4, -0.2) is 7.11 Å². The second-order valence-corrected chi connectivity index (χ2v) is 7.75. The van der Waals surface area contributed by atoms with Crippen molar-refractivity contribution in [3.05, 3.63) is 86.2 Å². The third-order valence-corrected chi connectivity index (χ3v) is 5.51. The van der Waals surface area contributed by atoms with E-state index in [4.69, 9.17) is 9.47 Å². The van der Waals surface area contributed by atoms with Crippen LogP contribution >= 0.6 is 22.6 Å². The van der Waals surface area contributed by atoms with E-state index in [0.29, 0.717) is 23.6 Å². The van der Waals surface area contributed by atoms with Gasteiger partial charge in [0.05, 0.1) is 10.7 Å². The Morgan fingerprint density at radius 2 is 1.82 bits per heavy atom. The number of methoxy groups -OCH3 is 1. The van der Waals surface area contributed by atoms with Crippen molar-refractivity contribution in [2.75, 3.05) is 12.4 Å². The smallest absolute Gasteiger partial charge is 0.174 e. The lowest BCUT2D eigenvalue weighted by atomic mass is 10.1. The predicted molar refractivity (Wildman–Crippen MR) is 120 cm³/mol. The zero-order valence-electron chi connectivity index (χ0n) is 16.2. The molecular weight excluding hydrogens is 468 g/mol. The Morgan fingerprint density at radius 1 is 1.04 bits per heavy atom. The minimum absolute atomic E-state index is 0.152. The first-order chi connectivity index (χ1) is 13.5. The first kappa shape index (κ1) is 20.5. The molecule has 3 rings (SSSR count). The quantitative estimate of drug-likeness (QED) is 0.397. The van der Waals surface area contributed by atoms with Crippen LogP contribution in [0.5, 0.6) is 11.5 Å². The van der Waals surface area contributed by atoms with Crippen LogP contribution in [0.25, 0.3) is 0 Å². The molecule has 0 spiro atoms. The van der Waals surface area contributed by atoms with Gasteiger partial charge in [-0.05, 0) is 77.4 Å². The molecule has 0 radical (unpaired) electrons. The van der Waals surface area contributed by atoms with Crippen molar-refractivity contribution in [3.63, 3.8) is 0 Å². The molecule has 28 heavy (non-hydrogen) atoms. The molecule has 0 bridgehead atoms. The maximum atomic E-state index is 13.8. The summed E-state index contributed by atoms with van der Waals surface area (Å²) in [6.07, 6.45) is 0. The molecule has 3 aromatic rings. The second kappa shape index (κ2) is 9.28. The van der Waals surface area contributed by atoms with E-state index >= 15 is 0 Å². The Kier molecular flexibility index (Phi) is 6.78. The normalized spacial score (nSPS) is 10.6. The molecule has 0 aliphatic heterocycles. The Hall–Kier alpha value is -2.28. The molecule has 0 heterocycles. The van der Waals surface area contributed by atoms with Crippen molar-refractivity contribution in [1.29, 1.82) is 0 Å². The molecule has 0 saturated heterocycles. The van der Waals surface area contributed by atoms with E-state index in [-0.39, 0.29) is 12.4 Å². The molecular formula is C23H23FINO2. The van der Waals surface area contributed by atoms with Gasteiger partial charge in [0, 0.05) is 17.8 Å². The number of nitrogens with one attached hydrogen (secondary N) is 1. The summed E-state index contributed by atoms with van der Waals surface area (Å²) >= 11 is 2.23. The summed E-state index contributed by atoms with van der Waals surface area (Å²) in [4.78, 5) is 0. The zero-order chi connectivity index (χ0) is 20.1. The monoisotopic (exact) mass is 491 g/mol. The average molecular weight is 491 g/mol. The van der Waals surface area contributed by atoms with Gasteiger partial charge < -0.3 is 14.8 Å². The van der Waals surface area contributed by atoms with Gasteiger partial charge in [0.15, 0.2) is 11.5 Å². The molecule has 0 aromatic heterocycles. The summed E-state index contributed by atoms with van der Waals surface area (Å²) in [5.41, 5.74) is 5.22. The van der Waals surface area contributed by atoms with E-state index in [0.717, 1.165) is 14.8 Å². The van der Waals surface area contributed by atoms with Gasteiger partial charge in [0.1, 0.15) is 12.4 Å². The van der Waals surface area contributed by atoms with Crippen LogP contribution in [0.3, 0.4) is 0 Å². The number of benzene rings is 3. The van der Waals surface area contributed by atoms with Crippen molar-refractivity contribution >= 4 is 28.3 Å². The summed E-state index contributed by atoms with van der Waals surface area (Å²) in [6.45, 7) is 5.04. The second-order valence-electron chi connectivity index (χ2n) is 6.59. The summed E-state index contributed by atoms with van der Waals surface area (Å²) in [5, 5.41) is 3.48. The van der Waals surface area contributed by atoms with Crippen molar-refractivity contribution in [2.24, 2.45) is 0 Å². The number of aryl methyl sites for hydroxylation is 1. The lowest BCUT2D eigenvalue weighted by molar-refractivity contribution is 0.277. The molecule has 1 N–H and O–H groups in total. The molecule has 3 nitrogen and oxygen atoms in total. The van der Waals surface area contributed by atoms with E-state index in [1.54, 1.807) is 25.3 Å². The Bertz CT molecular complexity index is 975. The molecule has 0 saturated carbocycles. The van der Waals surface area contributed by atoms with Crippen LogP contribution in [0.15, 0.2) is 54.6 Å². The van der Waals surface area contributed by atoms with Crippen LogP contribution in [-0.2, 0) is 13.2 Å². The summed E-state index contributed by atoms with van der Waals surface area (Å²) < 4.78 is 26.2. The van der Waals surface area contributed by atoms with Gasteiger partial charge in [-0.2, -0.15) is 0 Å². The highest BCUT2D eigenvalue weighted by Crippen LogP contribution is 2.35. The topological polar surface area (TPSA) is 30.5 Å². The van der Waals surface area contributed by atoms with Crippen molar-refractivity contribution in [1.82, 2.24) is 0 Å². The first-order valence-electron chi connectivity index (χ1n) is 9.02. The minimum Gasteiger partial charge on any atom is -0.493 e. The highest BCUT2D eigenvalue weighted by Gasteiger charge is 2.13. The lowest BCUT2D eigenvalue weighted by Gasteiger charge is -2.16. The van der Waals surface area contributed by atoms with Crippen molar-refractivity contribution < 1.29 is 13.9 Å². The number of hydrogen-bond acceptors (Lipinski definition) is 3. The van der Waals surface area contributed by atoms with Gasteiger partial charge in [0.2, 0.25) is 0 Å². The fourth-order valence-electron chi connectivity index (χ4n) is 2.92. The molecule has 0 fully saturated rings. The van der Waals surface area contributed by atoms with Gasteiger partial charge in [-0.3, -0.25) is 0 Å². The SMILES string of the molecule is COc1cc(CNc2cccc(C)c2C)cc(I)c1OCc1ccccc1F. The Labute approximate surface area is 179 Å². The molecule has 0 unspecified atom stereocenters. The Morgan fingerprint density at radius 3 is 2.57 bits per heavy atom. The fraction of sp³-hybridized carbons (Fsp3) is 0.217. The zero-order valence-corrected chi connectivity index (χ0v) is 18.3. The molecule has 0 amide bonds. The van der Waals surface area contributed by atoms with Gasteiger partial charge >= 0.3 is 0 Å². The molecule has 0 atom stereocenters. The number of rotatable bonds is 7. The third kappa shape index (κ3) is 4.76. The first-order valence-corrected chi connectivity index (χ1v) is 10.1. The maximum Gasteiger partial charge on any atom is 0.174 e. The van der Waals surface area contributed by atoms with Crippen LogP contribution in [0.1, 0.15) is 22.3 Å². The predicted octanol–water partition coefficient (Wildman–Crippen LogP) is 6.25. The summed E-state index contributed by atoms with van der Waals surface area (Å²) in [7, 11) is 1.61. The largest absolute Gasteiger partial charge is 0.493 e. The van der Waals surface area contributed by atoms with Crippen LogP contribution in [0.2, 0.25) is 0 Å². The third-order valence-electron chi connectivity index (χ3n) is 4.71. The highest BCUT2D eigenvalue weighted by molar-refractivity contribution is 14.1. The van der Waals surface area contributed by atoms with E-state index < -0.39 is 0 Å². The fourth-order valence-corrected chi connectivity index (χ4v) is 3.74. The highest BCUT2D eigenvalue weighted by atomic mass is 127. The standard InChI is InChI=1S/C23H23FINO2/c1-15-7-6-10-21(16(15)2)26-13-17-11-20(25)23(22(12-17)27-3)28-14-18-8-4-5-9-19(18)24/h4-12,26H,13-14H2,1-3H3. The molecule has 146 valence electrons. The summed E-state index contributed by atoms with van der Waals surface area (Å²) in [5.74, 6) is 0.994. The van der Waals surface area contributed by atoms with E-state index in [9.17, 15) is 4.39 Å². The number of ether oxygens (including phenoxy) is 2. The van der Waals surface area contributed by atoms with Crippen LogP contribution in [0.4, 0.5) is 10.1 Å². The minimum atomic E-state index is -0.272. The maximum absolute atomic E-state index is 13.8. The van der Waals surface area contributed by atoms with Gasteiger partial charge in [-0.1, -0.05) is 30.3 Å². The molecule has 5 heteroatoms. The van der Waals surface area contributed by atoms with Crippen molar-refractivity contribution in [3.8, 4) is 11.5 Å². The average Bonchev–Trinajstić information content (AvgIpc) is 2.69. The van der Waals surface area contributed by atoms with Crippen LogP contribution in [0, 0.1) is 23.2 Å². The Balaban J connectivity index is 1.75. The lowest BCUT2D eigenvalue weighted by Crippen LogP contribution is -2.05. The van der Waals surface area contributed by atoms with E-state index in [1.165, 1.54) is 17.2 Å². The molecule has 0 aliphatic carbocycles. The number of anilines is 1. The van der Waals surface area contributed by atoms with Gasteiger partial charge in [-0.15, -0.1) is 0 Å².